The van der Waals surface area contributed by atoms with Crippen molar-refractivity contribution in [2.45, 2.75) is 13.3 Å². The summed E-state index contributed by atoms with van der Waals surface area (Å²) in [6.07, 6.45) is 1.03. The molecule has 0 fully saturated rings. The molecule has 0 heterocycles. The number of ether oxygens (including phenoxy) is 1. The van der Waals surface area contributed by atoms with Crippen LogP contribution in [0.5, 0.6) is 0 Å². The Labute approximate surface area is 96.0 Å². The van der Waals surface area contributed by atoms with Gasteiger partial charge in [-0.2, -0.15) is 0 Å². The minimum atomic E-state index is -0.399. The second-order valence-electron chi connectivity index (χ2n) is 3.65. The second kappa shape index (κ2) is 5.39. The van der Waals surface area contributed by atoms with Gasteiger partial charge in [-0.05, 0) is 18.6 Å². The third kappa shape index (κ3) is 2.45. The van der Waals surface area contributed by atoms with E-state index in [1.54, 1.807) is 6.07 Å². The number of benzene rings is 1. The van der Waals surface area contributed by atoms with E-state index in [4.69, 9.17) is 5.73 Å². The van der Waals surface area contributed by atoms with Gasteiger partial charge in [-0.3, -0.25) is 0 Å². The van der Waals surface area contributed by atoms with Gasteiger partial charge in [0, 0.05) is 13.6 Å². The first-order valence-corrected chi connectivity index (χ1v) is 5.29. The molecule has 0 amide bonds. The summed E-state index contributed by atoms with van der Waals surface area (Å²) in [6, 6.07) is 5.38. The number of nitrogens with zero attached hydrogens (tertiary/aromatic N) is 1. The van der Waals surface area contributed by atoms with Crippen LogP contribution < -0.4 is 10.6 Å². The number of esters is 1. The summed E-state index contributed by atoms with van der Waals surface area (Å²) >= 11 is 0. The number of para-hydroxylation sites is 1. The van der Waals surface area contributed by atoms with Crippen LogP contribution in [-0.2, 0) is 4.74 Å². The molecule has 0 unspecified atom stereocenters. The Bertz CT molecular complexity index is 377. The molecule has 1 aromatic rings. The number of anilines is 2. The van der Waals surface area contributed by atoms with Crippen LogP contribution in [0.2, 0.25) is 0 Å². The van der Waals surface area contributed by atoms with E-state index in [9.17, 15) is 4.79 Å². The van der Waals surface area contributed by atoms with Gasteiger partial charge in [0.2, 0.25) is 0 Å². The van der Waals surface area contributed by atoms with Crippen molar-refractivity contribution in [2.24, 2.45) is 0 Å². The SMILES string of the molecule is CCCN(C)c1cccc(C(=O)OC)c1N. The van der Waals surface area contributed by atoms with Crippen LogP contribution in [0.1, 0.15) is 23.7 Å². The zero-order chi connectivity index (χ0) is 12.1. The molecule has 16 heavy (non-hydrogen) atoms. The molecule has 1 rings (SSSR count). The lowest BCUT2D eigenvalue weighted by Gasteiger charge is -2.21. The van der Waals surface area contributed by atoms with Crippen LogP contribution in [0, 0.1) is 0 Å². The fourth-order valence-electron chi connectivity index (χ4n) is 1.63. The van der Waals surface area contributed by atoms with Gasteiger partial charge in [0.05, 0.1) is 24.0 Å². The molecule has 0 atom stereocenters. The van der Waals surface area contributed by atoms with Gasteiger partial charge in [-0.25, -0.2) is 4.79 Å². The molecule has 0 bridgehead atoms. The number of carbonyl (C=O) groups excluding carboxylic acids is 1. The molecule has 0 aliphatic rings. The molecular formula is C12H18N2O2. The number of carbonyl (C=O) groups is 1. The third-order valence-electron chi connectivity index (χ3n) is 2.46. The average Bonchev–Trinajstić information content (AvgIpc) is 2.28. The molecule has 0 radical (unpaired) electrons. The zero-order valence-corrected chi connectivity index (χ0v) is 9.99. The largest absolute Gasteiger partial charge is 0.465 e. The van der Waals surface area contributed by atoms with Crippen LogP contribution in [-0.4, -0.2) is 26.7 Å². The van der Waals surface area contributed by atoms with Crippen LogP contribution in [0.15, 0.2) is 18.2 Å². The molecular weight excluding hydrogens is 204 g/mol. The van der Waals surface area contributed by atoms with Gasteiger partial charge in [0.1, 0.15) is 0 Å². The maximum Gasteiger partial charge on any atom is 0.340 e. The summed E-state index contributed by atoms with van der Waals surface area (Å²) in [4.78, 5) is 13.5. The van der Waals surface area contributed by atoms with Crippen molar-refractivity contribution >= 4 is 17.3 Å². The van der Waals surface area contributed by atoms with E-state index < -0.39 is 5.97 Å². The number of hydrogen-bond acceptors (Lipinski definition) is 4. The lowest BCUT2D eigenvalue weighted by Crippen LogP contribution is -2.20. The minimum Gasteiger partial charge on any atom is -0.465 e. The fraction of sp³-hybridized carbons (Fsp3) is 0.417. The zero-order valence-electron chi connectivity index (χ0n) is 9.99. The number of methoxy groups -OCH3 is 1. The van der Waals surface area contributed by atoms with Gasteiger partial charge in [0.25, 0.3) is 0 Å². The molecule has 0 aliphatic carbocycles. The average molecular weight is 222 g/mol. The molecule has 0 aromatic heterocycles. The Morgan fingerprint density at radius 2 is 2.19 bits per heavy atom. The van der Waals surface area contributed by atoms with Crippen LogP contribution in [0.25, 0.3) is 0 Å². The Balaban J connectivity index is 3.08. The summed E-state index contributed by atoms with van der Waals surface area (Å²) in [6.45, 7) is 2.99. The molecule has 0 saturated heterocycles. The smallest absolute Gasteiger partial charge is 0.340 e. The number of nitrogens with two attached hydrogens (primary N) is 1. The van der Waals surface area contributed by atoms with E-state index in [-0.39, 0.29) is 0 Å². The number of hydrogen-bond donors (Lipinski definition) is 1. The Hall–Kier alpha value is -1.71. The van der Waals surface area contributed by atoms with Gasteiger partial charge in [0.15, 0.2) is 0 Å². The summed E-state index contributed by atoms with van der Waals surface area (Å²) in [5.41, 5.74) is 7.71. The van der Waals surface area contributed by atoms with E-state index in [1.165, 1.54) is 7.11 Å². The first kappa shape index (κ1) is 12.4. The van der Waals surface area contributed by atoms with Crippen molar-refractivity contribution in [3.05, 3.63) is 23.8 Å². The number of rotatable bonds is 4. The highest BCUT2D eigenvalue weighted by Gasteiger charge is 2.14. The van der Waals surface area contributed by atoms with Gasteiger partial charge >= 0.3 is 5.97 Å². The highest BCUT2D eigenvalue weighted by atomic mass is 16.5. The van der Waals surface area contributed by atoms with Gasteiger partial charge in [-0.1, -0.05) is 13.0 Å². The van der Waals surface area contributed by atoms with E-state index in [1.807, 2.05) is 24.1 Å². The van der Waals surface area contributed by atoms with Crippen molar-refractivity contribution in [3.8, 4) is 0 Å². The molecule has 88 valence electrons. The Morgan fingerprint density at radius 3 is 2.75 bits per heavy atom. The predicted molar refractivity (Wildman–Crippen MR) is 65.8 cm³/mol. The van der Waals surface area contributed by atoms with Crippen LogP contribution in [0.3, 0.4) is 0 Å². The first-order chi connectivity index (χ1) is 7.61. The highest BCUT2D eigenvalue weighted by molar-refractivity contribution is 5.98. The Kier molecular flexibility index (Phi) is 4.17. The fourth-order valence-corrected chi connectivity index (χ4v) is 1.63. The number of nitrogen functional groups attached to an aromatic ring is 1. The molecule has 0 aliphatic heterocycles. The molecule has 4 heteroatoms. The van der Waals surface area contributed by atoms with Crippen molar-refractivity contribution in [2.75, 3.05) is 31.3 Å². The van der Waals surface area contributed by atoms with Crippen molar-refractivity contribution in [1.82, 2.24) is 0 Å². The van der Waals surface area contributed by atoms with Gasteiger partial charge < -0.3 is 15.4 Å². The van der Waals surface area contributed by atoms with E-state index >= 15 is 0 Å². The summed E-state index contributed by atoms with van der Waals surface area (Å²) in [7, 11) is 3.31. The first-order valence-electron chi connectivity index (χ1n) is 5.29. The molecule has 4 nitrogen and oxygen atoms in total. The van der Waals surface area contributed by atoms with Crippen molar-refractivity contribution in [1.29, 1.82) is 0 Å². The second-order valence-corrected chi connectivity index (χ2v) is 3.65. The van der Waals surface area contributed by atoms with Crippen molar-refractivity contribution < 1.29 is 9.53 Å². The van der Waals surface area contributed by atoms with Crippen LogP contribution >= 0.6 is 0 Å². The molecule has 0 saturated carbocycles. The van der Waals surface area contributed by atoms with Crippen LogP contribution in [0.4, 0.5) is 11.4 Å². The third-order valence-corrected chi connectivity index (χ3v) is 2.46. The molecule has 1 aromatic carbocycles. The predicted octanol–water partition coefficient (Wildman–Crippen LogP) is 1.90. The summed E-state index contributed by atoms with van der Waals surface area (Å²) < 4.78 is 4.67. The molecule has 0 spiro atoms. The lowest BCUT2D eigenvalue weighted by atomic mass is 10.1. The maximum absolute atomic E-state index is 11.4. The van der Waals surface area contributed by atoms with E-state index in [0.29, 0.717) is 11.3 Å². The summed E-state index contributed by atoms with van der Waals surface area (Å²) in [5.74, 6) is -0.399. The summed E-state index contributed by atoms with van der Waals surface area (Å²) in [5, 5.41) is 0. The quantitative estimate of drug-likeness (QED) is 0.624. The van der Waals surface area contributed by atoms with Crippen molar-refractivity contribution in [3.63, 3.8) is 0 Å². The highest BCUT2D eigenvalue weighted by Crippen LogP contribution is 2.26. The van der Waals surface area contributed by atoms with E-state index in [0.717, 1.165) is 18.7 Å². The van der Waals surface area contributed by atoms with E-state index in [2.05, 4.69) is 11.7 Å². The minimum absolute atomic E-state index is 0.399. The lowest BCUT2D eigenvalue weighted by molar-refractivity contribution is 0.0602. The monoisotopic (exact) mass is 222 g/mol. The maximum atomic E-state index is 11.4. The Morgan fingerprint density at radius 1 is 1.50 bits per heavy atom. The molecule has 2 N–H and O–H groups in total. The normalized spacial score (nSPS) is 9.94. The standard InChI is InChI=1S/C12H18N2O2/c1-4-8-14(2)10-7-5-6-9(11(10)13)12(15)16-3/h5-7H,4,8,13H2,1-3H3. The van der Waals surface area contributed by atoms with Gasteiger partial charge in [-0.15, -0.1) is 0 Å². The topological polar surface area (TPSA) is 55.6 Å².